The monoisotopic (exact) mass is 325 g/mol. The van der Waals surface area contributed by atoms with Gasteiger partial charge in [0.1, 0.15) is 0 Å². The molecule has 0 aromatic rings. The van der Waals surface area contributed by atoms with Crippen molar-refractivity contribution in [3.8, 4) is 0 Å². The lowest BCUT2D eigenvalue weighted by atomic mass is 10.8. The smallest absolute Gasteiger partial charge is 0.0437 e. The minimum Gasteiger partial charge on any atom is -0.382 e. The molecule has 5 heteroatoms. The highest BCUT2D eigenvalue weighted by molar-refractivity contribution is 8.93. The van der Waals surface area contributed by atoms with Crippen LogP contribution < -0.4 is 0 Å². The van der Waals surface area contributed by atoms with Crippen LogP contribution in [-0.4, -0.2) is 21.6 Å². The van der Waals surface area contributed by atoms with E-state index in [2.05, 4.69) is 0 Å². The molecule has 0 aliphatic rings. The van der Waals surface area contributed by atoms with Crippen LogP contribution in [-0.2, 0) is 4.74 Å². The second-order valence-electron chi connectivity index (χ2n) is 0.781. The van der Waals surface area contributed by atoms with Crippen molar-refractivity contribution in [2.24, 2.45) is 0 Å². The lowest BCUT2D eigenvalue weighted by Crippen LogP contribution is -1.84. The van der Waals surface area contributed by atoms with Crippen molar-refractivity contribution < 1.29 is 4.74 Å². The van der Waals surface area contributed by atoms with Crippen LogP contribution >= 0.6 is 50.9 Å². The molecule has 0 unspecified atom stereocenters. The summed E-state index contributed by atoms with van der Waals surface area (Å²) in [5, 5.41) is 0. The van der Waals surface area contributed by atoms with E-state index in [0.29, 0.717) is 0 Å². The first-order valence-electron chi connectivity index (χ1n) is 1.99. The van der Waals surface area contributed by atoms with Crippen LogP contribution in [0, 0.1) is 0 Å². The third-order valence-electron chi connectivity index (χ3n) is 0.408. The zero-order chi connectivity index (χ0) is 4.12. The number of hydrogen-bond acceptors (Lipinski definition) is 1. The molecule has 0 aromatic carbocycles. The van der Waals surface area contributed by atoms with Gasteiger partial charge in [0, 0.05) is 21.6 Å². The van der Waals surface area contributed by atoms with Gasteiger partial charge < -0.3 is 4.74 Å². The predicted molar refractivity (Wildman–Crippen MR) is 58.9 cm³/mol. The standard InChI is InChI=1S/C4H10O.B.3BrH/c1-3-5-4-2;;;;/h3-4H2,1-2H3;;3*1H. The molecule has 0 bridgehead atoms. The zero-order valence-corrected chi connectivity index (χ0v) is 10.8. The Kier molecular flexibility index (Phi) is 119. The normalized spacial score (nSPS) is 4.67. The molecule has 0 amide bonds. The Bertz CT molecular complexity index is 23.3. The zero-order valence-electron chi connectivity index (χ0n) is 5.62. The van der Waals surface area contributed by atoms with Gasteiger partial charge in [0.2, 0.25) is 0 Å². The molecule has 9 heavy (non-hydrogen) atoms. The molecule has 0 saturated carbocycles. The molecule has 0 saturated heterocycles. The summed E-state index contributed by atoms with van der Waals surface area (Å²) in [5.41, 5.74) is 0. The van der Waals surface area contributed by atoms with Gasteiger partial charge in [-0.15, -0.1) is 50.9 Å². The summed E-state index contributed by atoms with van der Waals surface area (Å²) in [7, 11) is 0. The van der Waals surface area contributed by atoms with Crippen LogP contribution in [0.5, 0.6) is 0 Å². The minimum absolute atomic E-state index is 0. The first kappa shape index (κ1) is 31.4. The van der Waals surface area contributed by atoms with E-state index in [1.807, 2.05) is 13.8 Å². The quantitative estimate of drug-likeness (QED) is 0.708. The maximum Gasteiger partial charge on any atom is 0.0437 e. The van der Waals surface area contributed by atoms with Crippen LogP contribution in [0.15, 0.2) is 0 Å². The van der Waals surface area contributed by atoms with E-state index in [9.17, 15) is 0 Å². The Morgan fingerprint density at radius 3 is 1.11 bits per heavy atom. The number of ether oxygens (including phenoxy) is 1. The van der Waals surface area contributed by atoms with Gasteiger partial charge in [0.05, 0.1) is 0 Å². The molecule has 0 spiro atoms. The molecule has 0 fully saturated rings. The fourth-order valence-corrected chi connectivity index (χ4v) is 0.204. The fourth-order valence-electron chi connectivity index (χ4n) is 0.204. The fraction of sp³-hybridized carbons (Fsp3) is 1.00. The molecule has 0 rings (SSSR count). The lowest BCUT2D eigenvalue weighted by Gasteiger charge is -1.86. The molecule has 0 aliphatic carbocycles. The van der Waals surface area contributed by atoms with Gasteiger partial charge in [-0.25, -0.2) is 0 Å². The topological polar surface area (TPSA) is 9.23 Å². The van der Waals surface area contributed by atoms with Crippen molar-refractivity contribution in [3.63, 3.8) is 0 Å². The Labute approximate surface area is 90.8 Å². The highest BCUT2D eigenvalue weighted by atomic mass is 79.9. The molecule has 0 aliphatic heterocycles. The summed E-state index contributed by atoms with van der Waals surface area (Å²) in [5.74, 6) is 0. The van der Waals surface area contributed by atoms with Gasteiger partial charge in [-0.1, -0.05) is 0 Å². The predicted octanol–water partition coefficient (Wildman–Crippen LogP) is 2.40. The molecule has 0 N–H and O–H groups in total. The molecule has 0 atom stereocenters. The van der Waals surface area contributed by atoms with Crippen molar-refractivity contribution in [2.45, 2.75) is 13.8 Å². The van der Waals surface area contributed by atoms with Crippen LogP contribution in [0.1, 0.15) is 13.8 Å². The third-order valence-corrected chi connectivity index (χ3v) is 0.408. The van der Waals surface area contributed by atoms with E-state index >= 15 is 0 Å². The third kappa shape index (κ3) is 43.9. The molecule has 0 heterocycles. The van der Waals surface area contributed by atoms with Gasteiger partial charge >= 0.3 is 0 Å². The van der Waals surface area contributed by atoms with E-state index in [1.54, 1.807) is 0 Å². The molecule has 0 aromatic heterocycles. The van der Waals surface area contributed by atoms with Crippen LogP contribution in [0.4, 0.5) is 0 Å². The van der Waals surface area contributed by atoms with Gasteiger partial charge in [0.25, 0.3) is 0 Å². The van der Waals surface area contributed by atoms with Gasteiger partial charge in [-0.05, 0) is 13.8 Å². The molecule has 3 radical (unpaired) electrons. The van der Waals surface area contributed by atoms with E-state index in [1.165, 1.54) is 0 Å². The summed E-state index contributed by atoms with van der Waals surface area (Å²) in [6, 6.07) is 0. The highest BCUT2D eigenvalue weighted by Crippen LogP contribution is 1.64. The van der Waals surface area contributed by atoms with E-state index in [4.69, 9.17) is 4.74 Å². The van der Waals surface area contributed by atoms with Crippen molar-refractivity contribution in [2.75, 3.05) is 13.2 Å². The van der Waals surface area contributed by atoms with Gasteiger partial charge in [0.15, 0.2) is 0 Å². The summed E-state index contributed by atoms with van der Waals surface area (Å²) in [6.07, 6.45) is 0. The Balaban J connectivity index is -0.0000000133. The molecular weight excluding hydrogens is 315 g/mol. The lowest BCUT2D eigenvalue weighted by molar-refractivity contribution is 0.162. The maximum absolute atomic E-state index is 4.83. The van der Waals surface area contributed by atoms with Crippen molar-refractivity contribution in [1.29, 1.82) is 0 Å². The average Bonchev–Trinajstić information content (AvgIpc) is 1.41. The number of halogens is 3. The number of hydrogen-bond donors (Lipinski definition) is 0. The summed E-state index contributed by atoms with van der Waals surface area (Å²) >= 11 is 0. The SMILES string of the molecule is Br.Br.Br.CCOCC.[B]. The second kappa shape index (κ2) is 34.0. The van der Waals surface area contributed by atoms with E-state index < -0.39 is 0 Å². The summed E-state index contributed by atoms with van der Waals surface area (Å²) in [6.45, 7) is 5.67. The van der Waals surface area contributed by atoms with Gasteiger partial charge in [-0.3, -0.25) is 0 Å². The maximum atomic E-state index is 4.83. The Morgan fingerprint density at radius 2 is 1.11 bits per heavy atom. The van der Waals surface area contributed by atoms with Crippen molar-refractivity contribution in [3.05, 3.63) is 0 Å². The summed E-state index contributed by atoms with van der Waals surface area (Å²) in [4.78, 5) is 0. The van der Waals surface area contributed by atoms with Crippen LogP contribution in [0.3, 0.4) is 0 Å². The first-order valence-corrected chi connectivity index (χ1v) is 1.99. The number of rotatable bonds is 2. The van der Waals surface area contributed by atoms with Crippen LogP contribution in [0.25, 0.3) is 0 Å². The van der Waals surface area contributed by atoms with E-state index in [-0.39, 0.29) is 59.4 Å². The molecular formula is C4H13BBr3O. The van der Waals surface area contributed by atoms with Crippen molar-refractivity contribution >= 4 is 59.4 Å². The first-order chi connectivity index (χ1) is 2.41. The van der Waals surface area contributed by atoms with Gasteiger partial charge in [-0.2, -0.15) is 0 Å². The summed E-state index contributed by atoms with van der Waals surface area (Å²) < 4.78 is 4.83. The van der Waals surface area contributed by atoms with Crippen LogP contribution in [0.2, 0.25) is 0 Å². The second-order valence-corrected chi connectivity index (χ2v) is 0.781. The minimum atomic E-state index is 0. The highest BCUT2D eigenvalue weighted by Gasteiger charge is 1.64. The largest absolute Gasteiger partial charge is 0.382 e. The molecule has 1 nitrogen and oxygen atoms in total. The Hall–Kier alpha value is 1.46. The Morgan fingerprint density at radius 1 is 0.889 bits per heavy atom. The average molecular weight is 328 g/mol. The van der Waals surface area contributed by atoms with E-state index in [0.717, 1.165) is 13.2 Å². The van der Waals surface area contributed by atoms with Crippen molar-refractivity contribution in [1.82, 2.24) is 0 Å². The molecule has 59 valence electrons.